The van der Waals surface area contributed by atoms with Crippen molar-refractivity contribution in [3.63, 3.8) is 0 Å². The molecule has 20 heavy (non-hydrogen) atoms. The molecule has 0 atom stereocenters. The molecule has 0 aliphatic heterocycles. The van der Waals surface area contributed by atoms with Crippen LogP contribution in [0.15, 0.2) is 35.3 Å². The summed E-state index contributed by atoms with van der Waals surface area (Å²) in [7, 11) is 0. The van der Waals surface area contributed by atoms with Crippen LogP contribution in [0.3, 0.4) is 0 Å². The number of nitro groups is 1. The van der Waals surface area contributed by atoms with Gasteiger partial charge in [0.05, 0.1) is 16.3 Å². The highest BCUT2D eigenvalue weighted by atomic mass is 32.1. The number of pyridine rings is 1. The minimum Gasteiger partial charge on any atom is -0.304 e. The molecule has 0 unspecified atom stereocenters. The van der Waals surface area contributed by atoms with Gasteiger partial charge in [-0.3, -0.25) is 25.1 Å². The van der Waals surface area contributed by atoms with Gasteiger partial charge in [0.2, 0.25) is 0 Å². The number of hydrazine groups is 1. The molecular weight excluding hydrogens is 284 g/mol. The number of hydrogen-bond donors (Lipinski definition) is 2. The number of nitrogens with one attached hydrogen (secondary N) is 1. The van der Waals surface area contributed by atoms with Crippen LogP contribution in [0, 0.1) is 10.1 Å². The standard InChI is InChI=1S/C11H10N4O4S/c12-13-10(16)9-4-3-7(20-9)6-14-5-1-2-8(11(14)17)15(18)19/h1-5H,6,12H2,(H,13,16). The van der Waals surface area contributed by atoms with Gasteiger partial charge in [-0.25, -0.2) is 5.84 Å². The molecule has 0 radical (unpaired) electrons. The molecule has 2 aromatic rings. The Kier molecular flexibility index (Phi) is 3.91. The molecule has 0 saturated heterocycles. The predicted molar refractivity (Wildman–Crippen MR) is 72.4 cm³/mol. The molecule has 2 rings (SSSR count). The fourth-order valence-corrected chi connectivity index (χ4v) is 2.52. The number of amides is 1. The Morgan fingerprint density at radius 1 is 1.45 bits per heavy atom. The Morgan fingerprint density at radius 3 is 2.85 bits per heavy atom. The highest BCUT2D eigenvalue weighted by Crippen LogP contribution is 2.17. The fraction of sp³-hybridized carbons (Fsp3) is 0.0909. The zero-order valence-electron chi connectivity index (χ0n) is 10.1. The number of carbonyl (C=O) groups excluding carboxylic acids is 1. The van der Waals surface area contributed by atoms with Gasteiger partial charge < -0.3 is 4.57 Å². The van der Waals surface area contributed by atoms with E-state index < -0.39 is 22.1 Å². The summed E-state index contributed by atoms with van der Waals surface area (Å²) < 4.78 is 1.22. The number of nitrogen functional groups attached to an aromatic ring is 1. The third-order valence-corrected chi connectivity index (χ3v) is 3.61. The van der Waals surface area contributed by atoms with Crippen LogP contribution < -0.4 is 16.8 Å². The van der Waals surface area contributed by atoms with Crippen molar-refractivity contribution in [2.45, 2.75) is 6.54 Å². The van der Waals surface area contributed by atoms with Crippen molar-refractivity contribution in [1.29, 1.82) is 0 Å². The van der Waals surface area contributed by atoms with E-state index in [1.807, 2.05) is 5.43 Å². The van der Waals surface area contributed by atoms with Gasteiger partial charge in [0.25, 0.3) is 5.91 Å². The minimum absolute atomic E-state index is 0.156. The highest BCUT2D eigenvalue weighted by Gasteiger charge is 2.14. The molecule has 0 aromatic carbocycles. The molecular formula is C11H10N4O4S. The number of aromatic nitrogens is 1. The third-order valence-electron chi connectivity index (χ3n) is 2.54. The van der Waals surface area contributed by atoms with Gasteiger partial charge in [-0.2, -0.15) is 0 Å². The predicted octanol–water partition coefficient (Wildman–Crippen LogP) is 0.470. The van der Waals surface area contributed by atoms with Crippen molar-refractivity contribution in [3.8, 4) is 0 Å². The van der Waals surface area contributed by atoms with Crippen molar-refractivity contribution in [1.82, 2.24) is 9.99 Å². The summed E-state index contributed by atoms with van der Waals surface area (Å²) in [6.45, 7) is 0.156. The normalized spacial score (nSPS) is 10.2. The van der Waals surface area contributed by atoms with E-state index in [0.717, 1.165) is 17.4 Å². The Bertz CT molecular complexity index is 721. The molecule has 2 aromatic heterocycles. The lowest BCUT2D eigenvalue weighted by Gasteiger charge is -2.02. The van der Waals surface area contributed by atoms with E-state index >= 15 is 0 Å². The van der Waals surface area contributed by atoms with Crippen LogP contribution in [-0.4, -0.2) is 15.4 Å². The van der Waals surface area contributed by atoms with E-state index in [2.05, 4.69) is 0 Å². The van der Waals surface area contributed by atoms with Crippen molar-refractivity contribution < 1.29 is 9.72 Å². The minimum atomic E-state index is -0.722. The molecule has 0 aliphatic rings. The molecule has 9 heteroatoms. The van der Waals surface area contributed by atoms with Crippen LogP contribution in [0.1, 0.15) is 14.5 Å². The van der Waals surface area contributed by atoms with E-state index in [1.165, 1.54) is 16.8 Å². The lowest BCUT2D eigenvalue weighted by Crippen LogP contribution is -2.29. The second-order valence-electron chi connectivity index (χ2n) is 3.82. The quantitative estimate of drug-likeness (QED) is 0.367. The first kappa shape index (κ1) is 13.9. The van der Waals surface area contributed by atoms with Gasteiger partial charge in [0.15, 0.2) is 0 Å². The van der Waals surface area contributed by atoms with Crippen LogP contribution in [-0.2, 0) is 6.54 Å². The Labute approximate surface area is 116 Å². The average molecular weight is 294 g/mol. The highest BCUT2D eigenvalue weighted by molar-refractivity contribution is 7.14. The zero-order valence-corrected chi connectivity index (χ0v) is 10.9. The second kappa shape index (κ2) is 5.63. The Hall–Kier alpha value is -2.52. The fourth-order valence-electron chi connectivity index (χ4n) is 1.61. The van der Waals surface area contributed by atoms with Crippen LogP contribution in [0.5, 0.6) is 0 Å². The molecule has 3 N–H and O–H groups in total. The molecule has 0 bridgehead atoms. The average Bonchev–Trinajstić information content (AvgIpc) is 2.88. The zero-order chi connectivity index (χ0) is 14.7. The lowest BCUT2D eigenvalue weighted by molar-refractivity contribution is -0.386. The number of thiophene rings is 1. The van der Waals surface area contributed by atoms with E-state index in [1.54, 1.807) is 12.1 Å². The Balaban J connectivity index is 2.29. The van der Waals surface area contributed by atoms with Gasteiger partial charge in [0, 0.05) is 17.1 Å². The first-order chi connectivity index (χ1) is 9.52. The molecule has 0 spiro atoms. The van der Waals surface area contributed by atoms with Gasteiger partial charge in [0.1, 0.15) is 0 Å². The van der Waals surface area contributed by atoms with E-state index in [9.17, 15) is 19.7 Å². The maximum atomic E-state index is 11.8. The maximum Gasteiger partial charge on any atom is 0.334 e. The summed E-state index contributed by atoms with van der Waals surface area (Å²) >= 11 is 1.16. The first-order valence-electron chi connectivity index (χ1n) is 5.46. The summed E-state index contributed by atoms with van der Waals surface area (Å²) in [4.78, 5) is 34.2. The number of hydrogen-bond acceptors (Lipinski definition) is 6. The molecule has 0 saturated carbocycles. The summed E-state index contributed by atoms with van der Waals surface area (Å²) in [6, 6.07) is 5.83. The van der Waals surface area contributed by atoms with E-state index in [-0.39, 0.29) is 6.54 Å². The largest absolute Gasteiger partial charge is 0.334 e. The topological polar surface area (TPSA) is 120 Å². The summed E-state index contributed by atoms with van der Waals surface area (Å²) in [6.07, 6.45) is 1.46. The number of rotatable bonds is 4. The van der Waals surface area contributed by atoms with Crippen molar-refractivity contribution >= 4 is 22.9 Å². The van der Waals surface area contributed by atoms with Gasteiger partial charge >= 0.3 is 11.2 Å². The molecule has 8 nitrogen and oxygen atoms in total. The van der Waals surface area contributed by atoms with Gasteiger partial charge in [-0.15, -0.1) is 11.3 Å². The molecule has 1 amide bonds. The van der Waals surface area contributed by atoms with Crippen LogP contribution in [0.4, 0.5) is 5.69 Å². The van der Waals surface area contributed by atoms with Crippen LogP contribution in [0.25, 0.3) is 0 Å². The number of carbonyl (C=O) groups is 1. The monoisotopic (exact) mass is 294 g/mol. The van der Waals surface area contributed by atoms with Crippen molar-refractivity contribution in [2.75, 3.05) is 0 Å². The second-order valence-corrected chi connectivity index (χ2v) is 4.99. The van der Waals surface area contributed by atoms with Crippen LogP contribution >= 0.6 is 11.3 Å². The maximum absolute atomic E-state index is 11.8. The smallest absolute Gasteiger partial charge is 0.304 e. The van der Waals surface area contributed by atoms with Crippen molar-refractivity contribution in [3.05, 3.63) is 60.7 Å². The van der Waals surface area contributed by atoms with Crippen molar-refractivity contribution in [2.24, 2.45) is 5.84 Å². The number of nitrogens with zero attached hydrogens (tertiary/aromatic N) is 2. The Morgan fingerprint density at radius 2 is 2.20 bits per heavy atom. The molecule has 0 fully saturated rings. The molecule has 0 aliphatic carbocycles. The third kappa shape index (κ3) is 2.73. The summed E-state index contributed by atoms with van der Waals surface area (Å²) in [5.41, 5.74) is 0.841. The SMILES string of the molecule is NNC(=O)c1ccc(Cn2cccc([N+](=O)[O-])c2=O)s1. The summed E-state index contributed by atoms with van der Waals surface area (Å²) in [5, 5.41) is 10.7. The first-order valence-corrected chi connectivity index (χ1v) is 6.28. The molecule has 104 valence electrons. The van der Waals surface area contributed by atoms with Gasteiger partial charge in [-0.1, -0.05) is 0 Å². The molecule has 2 heterocycles. The lowest BCUT2D eigenvalue weighted by atomic mass is 10.3. The number of nitrogens with two attached hydrogens (primary N) is 1. The summed E-state index contributed by atoms with van der Waals surface area (Å²) in [5.74, 6) is 4.60. The van der Waals surface area contributed by atoms with Crippen LogP contribution in [0.2, 0.25) is 0 Å². The van der Waals surface area contributed by atoms with Gasteiger partial charge in [-0.05, 0) is 18.2 Å². The van der Waals surface area contributed by atoms with E-state index in [4.69, 9.17) is 5.84 Å². The van der Waals surface area contributed by atoms with E-state index in [0.29, 0.717) is 9.75 Å².